The molecule has 1 heterocycles. The minimum absolute atomic E-state index is 0.0281. The summed E-state index contributed by atoms with van der Waals surface area (Å²) < 4.78 is 31.3. The number of hydrogen-bond donors (Lipinski definition) is 1. The molecule has 0 aliphatic carbocycles. The van der Waals surface area contributed by atoms with Crippen LogP contribution in [0.3, 0.4) is 0 Å². The maximum Gasteiger partial charge on any atom is 0.252 e. The molecule has 9 heteroatoms. The lowest BCUT2D eigenvalue weighted by atomic mass is 10.1. The third-order valence-electron chi connectivity index (χ3n) is 4.06. The van der Waals surface area contributed by atoms with E-state index in [-0.39, 0.29) is 17.2 Å². The lowest BCUT2D eigenvalue weighted by Crippen LogP contribution is -2.20. The summed E-state index contributed by atoms with van der Waals surface area (Å²) in [5, 5.41) is 5.23. The quantitative estimate of drug-likeness (QED) is 0.592. The van der Waals surface area contributed by atoms with E-state index in [0.29, 0.717) is 29.3 Å². The highest BCUT2D eigenvalue weighted by Gasteiger charge is 2.13. The molecule has 3 aromatic rings. The van der Waals surface area contributed by atoms with E-state index in [0.717, 1.165) is 11.1 Å². The Kier molecular flexibility index (Phi) is 6.40. The van der Waals surface area contributed by atoms with Crippen molar-refractivity contribution in [3.05, 3.63) is 58.9 Å². The minimum atomic E-state index is -3.81. The van der Waals surface area contributed by atoms with Crippen molar-refractivity contribution in [2.45, 2.75) is 24.8 Å². The lowest BCUT2D eigenvalue weighted by Gasteiger charge is -2.06. The summed E-state index contributed by atoms with van der Waals surface area (Å²) >= 11 is 1.25. The number of carbonyl (C=O) groups excluding carboxylic acids is 1. The first kappa shape index (κ1) is 20.4. The third-order valence-corrected chi connectivity index (χ3v) is 6.02. The Hall–Kier alpha value is -2.33. The van der Waals surface area contributed by atoms with Crippen LogP contribution < -0.4 is 9.94 Å². The Bertz CT molecular complexity index is 1150. The highest BCUT2D eigenvalue weighted by atomic mass is 32.2. The molecule has 0 radical (unpaired) electrons. The van der Waals surface area contributed by atoms with Crippen LogP contribution in [-0.2, 0) is 32.5 Å². The van der Waals surface area contributed by atoms with Gasteiger partial charge in [0.05, 0.1) is 28.1 Å². The van der Waals surface area contributed by atoms with Crippen LogP contribution in [0.5, 0.6) is 0 Å². The maximum absolute atomic E-state index is 12.4. The van der Waals surface area contributed by atoms with Gasteiger partial charge in [0, 0.05) is 13.2 Å². The van der Waals surface area contributed by atoms with E-state index in [1.807, 2.05) is 41.8 Å². The molecule has 0 aliphatic heterocycles. The van der Waals surface area contributed by atoms with Gasteiger partial charge in [-0.3, -0.25) is 4.79 Å². The number of thiazole rings is 1. The normalized spacial score (nSPS) is 12.6. The molecule has 0 spiro atoms. The standard InChI is InChI=1S/C19H21N3O4S2/c1-2-26-11-10-22-16-9-8-15(28(20,24)25)13-17(16)27-19(22)21-18(23)12-14-6-4-3-5-7-14/h3-9,13H,2,10-12H2,1H3,(H2,20,24,25). The molecule has 3 rings (SSSR count). The summed E-state index contributed by atoms with van der Waals surface area (Å²) in [4.78, 5) is 17.2. The number of rotatable bonds is 7. The van der Waals surface area contributed by atoms with Gasteiger partial charge in [-0.15, -0.1) is 0 Å². The number of nitrogens with two attached hydrogens (primary N) is 1. The first-order valence-corrected chi connectivity index (χ1v) is 11.1. The smallest absolute Gasteiger partial charge is 0.252 e. The highest BCUT2D eigenvalue weighted by Crippen LogP contribution is 2.21. The number of hydrogen-bond acceptors (Lipinski definition) is 5. The third kappa shape index (κ3) is 4.93. The van der Waals surface area contributed by atoms with Crippen molar-refractivity contribution < 1.29 is 17.9 Å². The molecule has 2 N–H and O–H groups in total. The first-order valence-electron chi connectivity index (χ1n) is 8.74. The van der Waals surface area contributed by atoms with Crippen molar-refractivity contribution in [2.24, 2.45) is 10.1 Å². The van der Waals surface area contributed by atoms with Gasteiger partial charge in [-0.1, -0.05) is 41.7 Å². The van der Waals surface area contributed by atoms with E-state index < -0.39 is 10.0 Å². The van der Waals surface area contributed by atoms with Gasteiger partial charge in [-0.25, -0.2) is 13.6 Å². The van der Waals surface area contributed by atoms with Gasteiger partial charge >= 0.3 is 0 Å². The largest absolute Gasteiger partial charge is 0.380 e. The van der Waals surface area contributed by atoms with Gasteiger partial charge in [-0.2, -0.15) is 4.99 Å². The summed E-state index contributed by atoms with van der Waals surface area (Å²) in [6.45, 7) is 3.44. The molecule has 0 fully saturated rings. The highest BCUT2D eigenvalue weighted by molar-refractivity contribution is 7.89. The number of sulfonamides is 1. The van der Waals surface area contributed by atoms with Gasteiger partial charge < -0.3 is 9.30 Å². The fraction of sp³-hybridized carbons (Fsp3) is 0.263. The SMILES string of the molecule is CCOCCn1c(=NC(=O)Cc2ccccc2)sc2cc(S(N)(=O)=O)ccc21. The van der Waals surface area contributed by atoms with Gasteiger partial charge in [0.2, 0.25) is 10.0 Å². The van der Waals surface area contributed by atoms with E-state index in [1.165, 1.54) is 23.5 Å². The molecule has 0 saturated heterocycles. The van der Waals surface area contributed by atoms with Crippen LogP contribution in [0.2, 0.25) is 0 Å². The number of primary sulfonamides is 1. The molecule has 28 heavy (non-hydrogen) atoms. The van der Waals surface area contributed by atoms with Gasteiger partial charge in [-0.05, 0) is 30.7 Å². The second kappa shape index (κ2) is 8.78. The Morgan fingerprint density at radius 3 is 2.64 bits per heavy atom. The van der Waals surface area contributed by atoms with Crippen molar-refractivity contribution in [1.29, 1.82) is 0 Å². The Balaban J connectivity index is 2.03. The monoisotopic (exact) mass is 419 g/mol. The second-order valence-electron chi connectivity index (χ2n) is 6.08. The molecular formula is C19H21N3O4S2. The maximum atomic E-state index is 12.4. The Labute approximate surface area is 167 Å². The van der Waals surface area contributed by atoms with E-state index in [2.05, 4.69) is 4.99 Å². The summed E-state index contributed by atoms with van der Waals surface area (Å²) in [7, 11) is -3.81. The number of amides is 1. The predicted octanol–water partition coefficient (Wildman–Crippen LogP) is 2.06. The zero-order valence-corrected chi connectivity index (χ0v) is 17.0. The van der Waals surface area contributed by atoms with Crippen LogP contribution in [0, 0.1) is 0 Å². The van der Waals surface area contributed by atoms with Gasteiger partial charge in [0.15, 0.2) is 4.80 Å². The molecule has 0 bridgehead atoms. The van der Waals surface area contributed by atoms with Crippen molar-refractivity contribution in [1.82, 2.24) is 4.57 Å². The minimum Gasteiger partial charge on any atom is -0.380 e. The van der Waals surface area contributed by atoms with Crippen LogP contribution in [0.25, 0.3) is 10.2 Å². The molecular weight excluding hydrogens is 398 g/mol. The van der Waals surface area contributed by atoms with Crippen molar-refractivity contribution in [3.63, 3.8) is 0 Å². The molecule has 0 unspecified atom stereocenters. The predicted molar refractivity (Wildman–Crippen MR) is 108 cm³/mol. The molecule has 1 aromatic heterocycles. The summed E-state index contributed by atoms with van der Waals surface area (Å²) in [5.74, 6) is -0.269. The van der Waals surface area contributed by atoms with E-state index in [4.69, 9.17) is 9.88 Å². The van der Waals surface area contributed by atoms with Crippen LogP contribution >= 0.6 is 11.3 Å². The Morgan fingerprint density at radius 1 is 1.21 bits per heavy atom. The average molecular weight is 420 g/mol. The summed E-state index contributed by atoms with van der Waals surface area (Å²) in [5.41, 5.74) is 1.66. The van der Waals surface area contributed by atoms with Crippen LogP contribution in [0.1, 0.15) is 12.5 Å². The fourth-order valence-electron chi connectivity index (χ4n) is 2.75. The topological polar surface area (TPSA) is 104 Å². The molecule has 0 aliphatic rings. The molecule has 1 amide bonds. The van der Waals surface area contributed by atoms with E-state index >= 15 is 0 Å². The zero-order chi connectivity index (χ0) is 20.1. The molecule has 0 atom stereocenters. The van der Waals surface area contributed by atoms with Crippen molar-refractivity contribution >= 4 is 37.5 Å². The second-order valence-corrected chi connectivity index (χ2v) is 8.65. The molecule has 0 saturated carbocycles. The number of nitrogens with zero attached hydrogens (tertiary/aromatic N) is 2. The molecule has 2 aromatic carbocycles. The number of benzene rings is 2. The lowest BCUT2D eigenvalue weighted by molar-refractivity contribution is -0.117. The van der Waals surface area contributed by atoms with Crippen LogP contribution in [0.15, 0.2) is 58.4 Å². The summed E-state index contributed by atoms with van der Waals surface area (Å²) in [6, 6.07) is 14.0. The molecule has 7 nitrogen and oxygen atoms in total. The summed E-state index contributed by atoms with van der Waals surface area (Å²) in [6.07, 6.45) is 0.197. The van der Waals surface area contributed by atoms with Crippen molar-refractivity contribution in [3.8, 4) is 0 Å². The van der Waals surface area contributed by atoms with Gasteiger partial charge in [0.1, 0.15) is 0 Å². The van der Waals surface area contributed by atoms with Gasteiger partial charge in [0.25, 0.3) is 5.91 Å². The number of aromatic nitrogens is 1. The van der Waals surface area contributed by atoms with Crippen LogP contribution in [0.4, 0.5) is 0 Å². The fourth-order valence-corrected chi connectivity index (χ4v) is 4.48. The Morgan fingerprint density at radius 2 is 1.96 bits per heavy atom. The van der Waals surface area contributed by atoms with E-state index in [1.54, 1.807) is 6.07 Å². The first-order chi connectivity index (χ1) is 13.4. The van der Waals surface area contributed by atoms with E-state index in [9.17, 15) is 13.2 Å². The number of ether oxygens (including phenoxy) is 1. The zero-order valence-electron chi connectivity index (χ0n) is 15.4. The average Bonchev–Trinajstić information content (AvgIpc) is 2.98. The van der Waals surface area contributed by atoms with Crippen LogP contribution in [-0.4, -0.2) is 32.1 Å². The molecule has 148 valence electrons. The number of fused-ring (bicyclic) bond motifs is 1. The number of carbonyl (C=O) groups is 1. The van der Waals surface area contributed by atoms with Crippen molar-refractivity contribution in [2.75, 3.05) is 13.2 Å².